The molecule has 0 unspecified atom stereocenters. The van der Waals surface area contributed by atoms with E-state index in [2.05, 4.69) is 14.9 Å². The van der Waals surface area contributed by atoms with Crippen LogP contribution >= 0.6 is 0 Å². The molecule has 1 aliphatic heterocycles. The number of carbonyl (C=O) groups is 1. The number of amides is 1. The molecule has 0 radical (unpaired) electrons. The molecule has 0 saturated carbocycles. The summed E-state index contributed by atoms with van der Waals surface area (Å²) in [6, 6.07) is 12.2. The molecule has 4 rings (SSSR count). The second kappa shape index (κ2) is 6.47. The van der Waals surface area contributed by atoms with Crippen LogP contribution in [0.3, 0.4) is 0 Å². The van der Waals surface area contributed by atoms with Crippen LogP contribution in [0, 0.1) is 5.82 Å². The van der Waals surface area contributed by atoms with Gasteiger partial charge < -0.3 is 9.80 Å². The van der Waals surface area contributed by atoms with E-state index in [1.807, 2.05) is 23.1 Å². The summed E-state index contributed by atoms with van der Waals surface area (Å²) in [4.78, 5) is 24.7. The first kappa shape index (κ1) is 15.5. The van der Waals surface area contributed by atoms with Gasteiger partial charge in [0.25, 0.3) is 5.91 Å². The standard InChI is InChI=1S/C19H17FN4O/c20-15-5-3-4-14-17(7-9-22-18(14)15)23-10-12-24(13-11-23)19(25)16-6-1-2-8-21-16/h1-9H,10-13H2. The average molecular weight is 336 g/mol. The second-order valence-corrected chi connectivity index (χ2v) is 5.96. The molecule has 2 aromatic heterocycles. The van der Waals surface area contributed by atoms with Gasteiger partial charge in [-0.3, -0.25) is 14.8 Å². The van der Waals surface area contributed by atoms with Crippen LogP contribution < -0.4 is 4.90 Å². The van der Waals surface area contributed by atoms with Gasteiger partial charge in [-0.2, -0.15) is 0 Å². The normalized spacial score (nSPS) is 14.8. The minimum absolute atomic E-state index is 0.0501. The van der Waals surface area contributed by atoms with Crippen LogP contribution in [0.1, 0.15) is 10.5 Å². The van der Waals surface area contributed by atoms with Crippen LogP contribution in [0.25, 0.3) is 10.9 Å². The fraction of sp³-hybridized carbons (Fsp3) is 0.211. The van der Waals surface area contributed by atoms with Gasteiger partial charge in [0.1, 0.15) is 17.0 Å². The molecule has 1 amide bonds. The number of aromatic nitrogens is 2. The van der Waals surface area contributed by atoms with Gasteiger partial charge in [0.15, 0.2) is 0 Å². The van der Waals surface area contributed by atoms with Crippen LogP contribution in [0.15, 0.2) is 54.9 Å². The number of fused-ring (bicyclic) bond motifs is 1. The first-order chi connectivity index (χ1) is 12.2. The molecule has 3 heterocycles. The molecule has 1 aromatic carbocycles. The number of para-hydroxylation sites is 1. The fourth-order valence-electron chi connectivity index (χ4n) is 3.20. The number of hydrogen-bond donors (Lipinski definition) is 0. The van der Waals surface area contributed by atoms with Crippen molar-refractivity contribution in [1.29, 1.82) is 0 Å². The highest BCUT2D eigenvalue weighted by atomic mass is 19.1. The lowest BCUT2D eigenvalue weighted by Gasteiger charge is -2.36. The van der Waals surface area contributed by atoms with Crippen molar-refractivity contribution in [1.82, 2.24) is 14.9 Å². The third-order valence-corrected chi connectivity index (χ3v) is 4.49. The average Bonchev–Trinajstić information content (AvgIpc) is 2.68. The van der Waals surface area contributed by atoms with E-state index in [0.29, 0.717) is 37.4 Å². The maximum atomic E-state index is 13.9. The van der Waals surface area contributed by atoms with Gasteiger partial charge in [0.05, 0.1) is 0 Å². The number of piperazine rings is 1. The number of halogens is 1. The number of rotatable bonds is 2. The number of carbonyl (C=O) groups excluding carboxylic acids is 1. The molecule has 0 N–H and O–H groups in total. The lowest BCUT2D eigenvalue weighted by Crippen LogP contribution is -2.49. The van der Waals surface area contributed by atoms with Crippen LogP contribution in [-0.2, 0) is 0 Å². The van der Waals surface area contributed by atoms with Crippen LogP contribution in [0.4, 0.5) is 10.1 Å². The molecular formula is C19H17FN4O. The van der Waals surface area contributed by atoms with E-state index in [0.717, 1.165) is 11.1 Å². The molecule has 5 nitrogen and oxygen atoms in total. The Morgan fingerprint density at radius 1 is 0.920 bits per heavy atom. The lowest BCUT2D eigenvalue weighted by atomic mass is 10.1. The molecule has 0 bridgehead atoms. The zero-order valence-electron chi connectivity index (χ0n) is 13.6. The Morgan fingerprint density at radius 3 is 2.52 bits per heavy atom. The number of pyridine rings is 2. The smallest absolute Gasteiger partial charge is 0.272 e. The van der Waals surface area contributed by atoms with E-state index in [-0.39, 0.29) is 11.7 Å². The summed E-state index contributed by atoms with van der Waals surface area (Å²) in [6.45, 7) is 2.59. The molecule has 1 aliphatic rings. The highest BCUT2D eigenvalue weighted by Gasteiger charge is 2.24. The summed E-state index contributed by atoms with van der Waals surface area (Å²) >= 11 is 0. The highest BCUT2D eigenvalue weighted by molar-refractivity contribution is 5.93. The van der Waals surface area contributed by atoms with Crippen LogP contribution in [0.2, 0.25) is 0 Å². The van der Waals surface area contributed by atoms with Gasteiger partial charge in [-0.05, 0) is 24.3 Å². The summed E-state index contributed by atoms with van der Waals surface area (Å²) in [5.41, 5.74) is 1.80. The first-order valence-electron chi connectivity index (χ1n) is 8.22. The Bertz CT molecular complexity index is 908. The second-order valence-electron chi connectivity index (χ2n) is 5.96. The van der Waals surface area contributed by atoms with Crippen molar-refractivity contribution >= 4 is 22.5 Å². The molecule has 0 spiro atoms. The zero-order chi connectivity index (χ0) is 17.2. The van der Waals surface area contributed by atoms with Crippen molar-refractivity contribution in [3.05, 3.63) is 66.4 Å². The van der Waals surface area contributed by atoms with E-state index in [1.165, 1.54) is 6.07 Å². The molecule has 0 atom stereocenters. The van der Waals surface area contributed by atoms with Gasteiger partial charge in [0, 0.05) is 49.6 Å². The molecule has 3 aromatic rings. The minimum Gasteiger partial charge on any atom is -0.367 e. The molecular weight excluding hydrogens is 319 g/mol. The molecule has 1 saturated heterocycles. The predicted octanol–water partition coefficient (Wildman–Crippen LogP) is 2.73. The number of hydrogen-bond acceptors (Lipinski definition) is 4. The van der Waals surface area contributed by atoms with E-state index >= 15 is 0 Å². The Labute approximate surface area is 144 Å². The minimum atomic E-state index is -0.316. The summed E-state index contributed by atoms with van der Waals surface area (Å²) in [5, 5.41) is 0.798. The van der Waals surface area contributed by atoms with Crippen LogP contribution in [-0.4, -0.2) is 47.0 Å². The van der Waals surface area contributed by atoms with Crippen molar-refractivity contribution in [3.63, 3.8) is 0 Å². The van der Waals surface area contributed by atoms with Gasteiger partial charge >= 0.3 is 0 Å². The summed E-state index contributed by atoms with van der Waals surface area (Å²) in [6.07, 6.45) is 3.26. The number of nitrogens with zero attached hydrogens (tertiary/aromatic N) is 4. The Kier molecular flexibility index (Phi) is 4.01. The van der Waals surface area contributed by atoms with Crippen molar-refractivity contribution < 1.29 is 9.18 Å². The Morgan fingerprint density at radius 2 is 1.76 bits per heavy atom. The lowest BCUT2D eigenvalue weighted by molar-refractivity contribution is 0.0741. The molecule has 1 fully saturated rings. The number of benzene rings is 1. The predicted molar refractivity (Wildman–Crippen MR) is 94.1 cm³/mol. The largest absolute Gasteiger partial charge is 0.367 e. The van der Waals surface area contributed by atoms with E-state index in [9.17, 15) is 9.18 Å². The maximum Gasteiger partial charge on any atom is 0.272 e. The van der Waals surface area contributed by atoms with Crippen LogP contribution in [0.5, 0.6) is 0 Å². The van der Waals surface area contributed by atoms with E-state index in [4.69, 9.17) is 0 Å². The van der Waals surface area contributed by atoms with Crippen molar-refractivity contribution in [2.45, 2.75) is 0 Å². The van der Waals surface area contributed by atoms with E-state index in [1.54, 1.807) is 30.6 Å². The summed E-state index contributed by atoms with van der Waals surface area (Å²) in [5.74, 6) is -0.366. The molecule has 0 aliphatic carbocycles. The topological polar surface area (TPSA) is 49.3 Å². The van der Waals surface area contributed by atoms with Gasteiger partial charge in [-0.25, -0.2) is 4.39 Å². The number of anilines is 1. The SMILES string of the molecule is O=C(c1ccccn1)N1CCN(c2ccnc3c(F)cccc23)CC1. The highest BCUT2D eigenvalue weighted by Crippen LogP contribution is 2.27. The first-order valence-corrected chi connectivity index (χ1v) is 8.22. The van der Waals surface area contributed by atoms with Crippen molar-refractivity contribution in [2.24, 2.45) is 0 Å². The quantitative estimate of drug-likeness (QED) is 0.722. The molecule has 126 valence electrons. The monoisotopic (exact) mass is 336 g/mol. The molecule has 25 heavy (non-hydrogen) atoms. The maximum absolute atomic E-state index is 13.9. The summed E-state index contributed by atoms with van der Waals surface area (Å²) < 4.78 is 13.9. The Balaban J connectivity index is 1.53. The zero-order valence-corrected chi connectivity index (χ0v) is 13.6. The third-order valence-electron chi connectivity index (χ3n) is 4.49. The Hall–Kier alpha value is -3.02. The van der Waals surface area contributed by atoms with Gasteiger partial charge in [-0.15, -0.1) is 0 Å². The van der Waals surface area contributed by atoms with E-state index < -0.39 is 0 Å². The summed E-state index contributed by atoms with van der Waals surface area (Å²) in [7, 11) is 0. The fourth-order valence-corrected chi connectivity index (χ4v) is 3.20. The van der Waals surface area contributed by atoms with Crippen molar-refractivity contribution in [3.8, 4) is 0 Å². The van der Waals surface area contributed by atoms with Gasteiger partial charge in [0.2, 0.25) is 0 Å². The third kappa shape index (κ3) is 2.91. The van der Waals surface area contributed by atoms with Gasteiger partial charge in [-0.1, -0.05) is 18.2 Å². The molecule has 6 heteroatoms. The van der Waals surface area contributed by atoms with Crippen molar-refractivity contribution in [2.75, 3.05) is 31.1 Å².